The van der Waals surface area contributed by atoms with Gasteiger partial charge in [-0.3, -0.25) is 0 Å². The highest BCUT2D eigenvalue weighted by Gasteiger charge is 2.43. The van der Waals surface area contributed by atoms with E-state index in [2.05, 4.69) is 106 Å². The molecular weight excluding hydrogens is 575 g/mol. The Morgan fingerprint density at radius 2 is 1.78 bits per heavy atom. The van der Waals surface area contributed by atoms with Crippen molar-refractivity contribution in [1.29, 1.82) is 0 Å². The first kappa shape index (κ1) is 32.0. The molecule has 2 rings (SSSR count). The Bertz CT molecular complexity index is 731. The molecule has 1 aromatic rings. The quantitative estimate of drug-likeness (QED) is 0.0600. The van der Waals surface area contributed by atoms with Crippen LogP contribution in [0.3, 0.4) is 0 Å². The van der Waals surface area contributed by atoms with Crippen LogP contribution in [0.2, 0.25) is 18.1 Å². The van der Waals surface area contributed by atoms with Crippen molar-refractivity contribution >= 4 is 30.9 Å². The lowest BCUT2D eigenvalue weighted by Crippen LogP contribution is -2.52. The van der Waals surface area contributed by atoms with Crippen molar-refractivity contribution in [1.82, 2.24) is 0 Å². The summed E-state index contributed by atoms with van der Waals surface area (Å²) < 4.78 is 21.3. The van der Waals surface area contributed by atoms with Crippen LogP contribution < -0.4 is 0 Å². The van der Waals surface area contributed by atoms with Gasteiger partial charge < -0.3 is 13.9 Å². The van der Waals surface area contributed by atoms with E-state index >= 15 is 0 Å². The number of benzene rings is 1. The minimum absolute atomic E-state index is 0.132. The largest absolute Gasteiger partial charge is 0.411 e. The van der Waals surface area contributed by atoms with E-state index in [9.17, 15) is 0 Å². The highest BCUT2D eigenvalue weighted by Crippen LogP contribution is 2.40. The van der Waals surface area contributed by atoms with Gasteiger partial charge in [0.05, 0.1) is 31.0 Å². The number of rotatable bonds is 16. The molecule has 0 saturated carbocycles. The first-order valence-electron chi connectivity index (χ1n) is 14.4. The summed E-state index contributed by atoms with van der Waals surface area (Å²) in [5.41, 5.74) is 1.23. The molecule has 0 N–H and O–H groups in total. The molecule has 0 amide bonds. The highest BCUT2D eigenvalue weighted by atomic mass is 127. The van der Waals surface area contributed by atoms with Crippen LogP contribution in [0.4, 0.5) is 0 Å². The van der Waals surface area contributed by atoms with Gasteiger partial charge in [0.25, 0.3) is 0 Å². The van der Waals surface area contributed by atoms with Gasteiger partial charge in [-0.2, -0.15) is 0 Å². The smallest absolute Gasteiger partial charge is 0.192 e. The van der Waals surface area contributed by atoms with E-state index in [0.717, 1.165) is 36.5 Å². The predicted octanol–water partition coefficient (Wildman–Crippen LogP) is 9.64. The minimum atomic E-state index is -1.86. The molecular formula is C31H53IO3Si. The van der Waals surface area contributed by atoms with Crippen LogP contribution in [-0.2, 0) is 20.5 Å². The third kappa shape index (κ3) is 11.3. The van der Waals surface area contributed by atoms with Gasteiger partial charge in [0.1, 0.15) is 0 Å². The van der Waals surface area contributed by atoms with Crippen LogP contribution in [0.25, 0.3) is 0 Å². The molecule has 0 bridgehead atoms. The molecule has 0 aromatic heterocycles. The summed E-state index contributed by atoms with van der Waals surface area (Å²) in [5, 5.41) is 0.204. The Morgan fingerprint density at radius 1 is 1.06 bits per heavy atom. The molecule has 1 saturated heterocycles. The molecule has 0 aliphatic carbocycles. The highest BCUT2D eigenvalue weighted by molar-refractivity contribution is 14.1. The third-order valence-corrected chi connectivity index (χ3v) is 13.0. The maximum Gasteiger partial charge on any atom is 0.192 e. The lowest BCUT2D eigenvalue weighted by Gasteiger charge is -2.45. The number of ether oxygens (including phenoxy) is 2. The summed E-state index contributed by atoms with van der Waals surface area (Å²) in [7, 11) is -1.86. The van der Waals surface area contributed by atoms with E-state index in [-0.39, 0.29) is 29.5 Å². The minimum Gasteiger partial charge on any atom is -0.411 e. The first-order chi connectivity index (χ1) is 17.2. The Labute approximate surface area is 237 Å². The number of alkyl halides is 1. The average molecular weight is 629 g/mol. The number of allylic oxidation sites excluding steroid dienone is 2. The van der Waals surface area contributed by atoms with Gasteiger partial charge in [0.2, 0.25) is 0 Å². The molecule has 1 aliphatic rings. The lowest BCUT2D eigenvalue weighted by molar-refractivity contribution is -0.164. The SMILES string of the molecule is CCCCCC/C=C/CC[C@@H]1O[C@H]([C@H](CCI)OCc2ccccc2)CC[C@H]1O[Si](C)(C)C(C)(C)C. The van der Waals surface area contributed by atoms with Crippen molar-refractivity contribution in [3.8, 4) is 0 Å². The van der Waals surface area contributed by atoms with Crippen molar-refractivity contribution in [3.05, 3.63) is 48.0 Å². The summed E-state index contributed by atoms with van der Waals surface area (Å²) in [6.45, 7) is 14.6. The molecule has 0 radical (unpaired) electrons. The Balaban J connectivity index is 2.02. The second-order valence-corrected chi connectivity index (χ2v) is 17.8. The van der Waals surface area contributed by atoms with Crippen LogP contribution in [0.5, 0.6) is 0 Å². The monoisotopic (exact) mass is 628 g/mol. The number of hydrogen-bond acceptors (Lipinski definition) is 3. The van der Waals surface area contributed by atoms with Gasteiger partial charge in [0.15, 0.2) is 8.32 Å². The summed E-state index contributed by atoms with van der Waals surface area (Å²) in [5.74, 6) is 0. The van der Waals surface area contributed by atoms with Crippen LogP contribution in [0, 0.1) is 0 Å². The van der Waals surface area contributed by atoms with Crippen molar-refractivity contribution in [3.63, 3.8) is 0 Å². The van der Waals surface area contributed by atoms with Gasteiger partial charge >= 0.3 is 0 Å². The molecule has 0 spiro atoms. The molecule has 4 atom stereocenters. The normalized spacial score (nSPS) is 22.2. The Morgan fingerprint density at radius 3 is 2.44 bits per heavy atom. The average Bonchev–Trinajstić information content (AvgIpc) is 2.84. The lowest BCUT2D eigenvalue weighted by atomic mass is 9.94. The van der Waals surface area contributed by atoms with Gasteiger partial charge in [-0.05, 0) is 68.6 Å². The fraction of sp³-hybridized carbons (Fsp3) is 0.742. The van der Waals surface area contributed by atoms with Crippen LogP contribution >= 0.6 is 22.6 Å². The van der Waals surface area contributed by atoms with Crippen LogP contribution in [0.1, 0.15) is 97.5 Å². The van der Waals surface area contributed by atoms with Crippen molar-refractivity contribution in [2.24, 2.45) is 0 Å². The summed E-state index contributed by atoms with van der Waals surface area (Å²) >= 11 is 2.47. The zero-order chi connectivity index (χ0) is 26.4. The summed E-state index contributed by atoms with van der Waals surface area (Å²) in [6, 6.07) is 10.5. The molecule has 0 unspecified atom stereocenters. The zero-order valence-electron chi connectivity index (χ0n) is 23.9. The third-order valence-electron chi connectivity index (χ3n) is 7.88. The molecule has 1 fully saturated rings. The van der Waals surface area contributed by atoms with E-state index in [1.54, 1.807) is 0 Å². The molecule has 1 aromatic carbocycles. The van der Waals surface area contributed by atoms with Gasteiger partial charge in [-0.15, -0.1) is 0 Å². The van der Waals surface area contributed by atoms with Gasteiger partial charge in [0, 0.05) is 4.43 Å². The van der Waals surface area contributed by atoms with Crippen molar-refractivity contribution < 1.29 is 13.9 Å². The fourth-order valence-corrected chi connectivity index (χ4v) is 6.55. The van der Waals surface area contributed by atoms with E-state index in [1.807, 2.05) is 0 Å². The standard InChI is InChI=1S/C31H53IO3Si/c1-7-8-9-10-11-12-13-17-20-28-30(35-36(5,6)31(2,3)4)22-21-29(34-28)27(23-24-32)33-25-26-18-15-14-16-19-26/h12-16,18-19,27-30H,7-11,17,20-25H2,1-6H3/b13-12+/t27-,28-,29-,30+/m0/s1. The molecule has 5 heteroatoms. The molecule has 206 valence electrons. The number of unbranched alkanes of at least 4 members (excludes halogenated alkanes) is 4. The molecule has 1 aliphatic heterocycles. The number of halogens is 1. The van der Waals surface area contributed by atoms with E-state index in [0.29, 0.717) is 6.61 Å². The summed E-state index contributed by atoms with van der Waals surface area (Å²) in [6.07, 6.45) is 17.0. The Kier molecular flexibility index (Phi) is 14.8. The van der Waals surface area contributed by atoms with Crippen LogP contribution in [0.15, 0.2) is 42.5 Å². The Hall–Kier alpha value is -0.213. The summed E-state index contributed by atoms with van der Waals surface area (Å²) in [4.78, 5) is 0. The molecule has 3 nitrogen and oxygen atoms in total. The molecule has 36 heavy (non-hydrogen) atoms. The molecule has 1 heterocycles. The van der Waals surface area contributed by atoms with Crippen molar-refractivity contribution in [2.45, 2.75) is 141 Å². The van der Waals surface area contributed by atoms with E-state index in [4.69, 9.17) is 13.9 Å². The maximum absolute atomic E-state index is 6.94. The first-order valence-corrected chi connectivity index (χ1v) is 18.8. The zero-order valence-corrected chi connectivity index (χ0v) is 27.1. The number of hydrogen-bond donors (Lipinski definition) is 0. The van der Waals surface area contributed by atoms with Gasteiger partial charge in [-0.1, -0.05) is 112 Å². The van der Waals surface area contributed by atoms with Gasteiger partial charge in [-0.25, -0.2) is 0 Å². The van der Waals surface area contributed by atoms with Crippen molar-refractivity contribution in [2.75, 3.05) is 4.43 Å². The van der Waals surface area contributed by atoms with E-state index in [1.165, 1.54) is 37.7 Å². The van der Waals surface area contributed by atoms with Crippen LogP contribution in [-0.4, -0.2) is 37.2 Å². The second kappa shape index (κ2) is 16.7. The fourth-order valence-electron chi connectivity index (χ4n) is 4.56. The second-order valence-electron chi connectivity index (χ2n) is 11.9. The van der Waals surface area contributed by atoms with E-state index < -0.39 is 8.32 Å². The topological polar surface area (TPSA) is 27.7 Å². The maximum atomic E-state index is 6.94. The predicted molar refractivity (Wildman–Crippen MR) is 166 cm³/mol.